The molecular formula is C22H24FN3O2. The number of amides is 2. The third-order valence-electron chi connectivity index (χ3n) is 5.56. The second-order valence-electron chi connectivity index (χ2n) is 7.42. The van der Waals surface area contributed by atoms with Gasteiger partial charge < -0.3 is 14.7 Å². The molecule has 0 saturated carbocycles. The van der Waals surface area contributed by atoms with Crippen LogP contribution in [0, 0.1) is 11.7 Å². The van der Waals surface area contributed by atoms with E-state index >= 15 is 0 Å². The molecule has 2 amide bonds. The fraction of sp³-hybridized carbons (Fsp3) is 0.364. The van der Waals surface area contributed by atoms with E-state index < -0.39 is 0 Å². The van der Waals surface area contributed by atoms with Crippen LogP contribution in [0.5, 0.6) is 0 Å². The van der Waals surface area contributed by atoms with Crippen LogP contribution in [0.2, 0.25) is 0 Å². The van der Waals surface area contributed by atoms with E-state index in [2.05, 4.69) is 0 Å². The number of carbonyl (C=O) groups excluding carboxylic acids is 2. The van der Waals surface area contributed by atoms with Gasteiger partial charge in [-0.1, -0.05) is 42.5 Å². The number of para-hydroxylation sites is 1. The third kappa shape index (κ3) is 3.86. The second-order valence-corrected chi connectivity index (χ2v) is 7.42. The minimum atomic E-state index is -0.281. The molecule has 4 rings (SSSR count). The lowest BCUT2D eigenvalue weighted by Gasteiger charge is -2.37. The van der Waals surface area contributed by atoms with E-state index in [4.69, 9.17) is 0 Å². The van der Waals surface area contributed by atoms with E-state index in [-0.39, 0.29) is 30.0 Å². The van der Waals surface area contributed by atoms with E-state index in [9.17, 15) is 14.0 Å². The Bertz CT molecular complexity index is 850. The molecule has 2 fully saturated rings. The molecule has 5 nitrogen and oxygen atoms in total. The van der Waals surface area contributed by atoms with Crippen LogP contribution < -0.4 is 4.90 Å². The summed E-state index contributed by atoms with van der Waals surface area (Å²) in [7, 11) is 0. The highest BCUT2D eigenvalue weighted by Gasteiger charge is 2.37. The predicted octanol–water partition coefficient (Wildman–Crippen LogP) is 2.52. The lowest BCUT2D eigenvalue weighted by atomic mass is 10.1. The first-order valence-corrected chi connectivity index (χ1v) is 9.72. The number of piperazine rings is 1. The molecule has 146 valence electrons. The Kier molecular flexibility index (Phi) is 5.28. The SMILES string of the molecule is O=C1CC(C(=O)N2CCN(c3ccccc3F)CC2)CN1Cc1ccccc1. The van der Waals surface area contributed by atoms with Crippen molar-refractivity contribution in [3.8, 4) is 0 Å². The van der Waals surface area contributed by atoms with Gasteiger partial charge in [-0.2, -0.15) is 0 Å². The molecule has 2 aliphatic heterocycles. The predicted molar refractivity (Wildman–Crippen MR) is 105 cm³/mol. The average Bonchev–Trinajstić information content (AvgIpc) is 3.09. The Balaban J connectivity index is 1.33. The summed E-state index contributed by atoms with van der Waals surface area (Å²) >= 11 is 0. The quantitative estimate of drug-likeness (QED) is 0.818. The first kappa shape index (κ1) is 18.5. The average molecular weight is 381 g/mol. The number of nitrogens with zero attached hydrogens (tertiary/aromatic N) is 3. The lowest BCUT2D eigenvalue weighted by Crippen LogP contribution is -2.50. The number of likely N-dealkylation sites (tertiary alicyclic amines) is 1. The summed E-state index contributed by atoms with van der Waals surface area (Å²) in [6, 6.07) is 16.6. The molecule has 0 spiro atoms. The van der Waals surface area contributed by atoms with Crippen LogP contribution in [-0.4, -0.2) is 54.3 Å². The zero-order valence-corrected chi connectivity index (χ0v) is 15.8. The van der Waals surface area contributed by atoms with E-state index in [1.807, 2.05) is 46.2 Å². The van der Waals surface area contributed by atoms with Gasteiger partial charge in [0.25, 0.3) is 0 Å². The van der Waals surface area contributed by atoms with E-state index in [0.29, 0.717) is 45.0 Å². The molecule has 2 saturated heterocycles. The monoisotopic (exact) mass is 381 g/mol. The summed E-state index contributed by atoms with van der Waals surface area (Å²) in [5, 5.41) is 0. The van der Waals surface area contributed by atoms with Gasteiger partial charge in [0.15, 0.2) is 0 Å². The van der Waals surface area contributed by atoms with E-state index in [1.54, 1.807) is 17.0 Å². The molecule has 2 aromatic rings. The number of hydrogen-bond donors (Lipinski definition) is 0. The second kappa shape index (κ2) is 8.00. The van der Waals surface area contributed by atoms with Gasteiger partial charge in [-0.15, -0.1) is 0 Å². The first-order chi connectivity index (χ1) is 13.6. The Labute approximate surface area is 164 Å². The maximum absolute atomic E-state index is 14.0. The maximum atomic E-state index is 14.0. The fourth-order valence-corrected chi connectivity index (χ4v) is 4.03. The van der Waals surface area contributed by atoms with E-state index in [1.165, 1.54) is 6.07 Å². The molecule has 1 unspecified atom stereocenters. The highest BCUT2D eigenvalue weighted by atomic mass is 19.1. The third-order valence-corrected chi connectivity index (χ3v) is 5.56. The topological polar surface area (TPSA) is 43.9 Å². The number of halogens is 1. The van der Waals surface area contributed by atoms with Crippen molar-refractivity contribution in [1.29, 1.82) is 0 Å². The van der Waals surface area contributed by atoms with Crippen molar-refractivity contribution < 1.29 is 14.0 Å². The number of rotatable bonds is 4. The van der Waals surface area contributed by atoms with Crippen LogP contribution in [0.3, 0.4) is 0 Å². The molecule has 2 heterocycles. The van der Waals surface area contributed by atoms with Gasteiger partial charge in [-0.3, -0.25) is 9.59 Å². The van der Waals surface area contributed by atoms with Gasteiger partial charge in [0.2, 0.25) is 11.8 Å². The van der Waals surface area contributed by atoms with Gasteiger partial charge in [0, 0.05) is 45.7 Å². The number of anilines is 1. The Morgan fingerprint density at radius 1 is 0.964 bits per heavy atom. The fourth-order valence-electron chi connectivity index (χ4n) is 4.03. The summed E-state index contributed by atoms with van der Waals surface area (Å²) in [4.78, 5) is 30.8. The molecule has 0 N–H and O–H groups in total. The van der Waals surface area contributed by atoms with Crippen LogP contribution in [-0.2, 0) is 16.1 Å². The van der Waals surface area contributed by atoms with Crippen LogP contribution in [0.4, 0.5) is 10.1 Å². The van der Waals surface area contributed by atoms with Crippen molar-refractivity contribution in [1.82, 2.24) is 9.80 Å². The summed E-state index contributed by atoms with van der Waals surface area (Å²) in [6.45, 7) is 3.32. The van der Waals surface area contributed by atoms with Crippen molar-refractivity contribution in [2.45, 2.75) is 13.0 Å². The first-order valence-electron chi connectivity index (χ1n) is 9.72. The largest absolute Gasteiger partial charge is 0.366 e. The summed E-state index contributed by atoms with van der Waals surface area (Å²) in [6.07, 6.45) is 0.277. The molecule has 2 aromatic carbocycles. The molecule has 0 aromatic heterocycles. The zero-order chi connectivity index (χ0) is 19.5. The highest BCUT2D eigenvalue weighted by Crippen LogP contribution is 2.24. The van der Waals surface area contributed by atoms with Crippen LogP contribution in [0.25, 0.3) is 0 Å². The summed E-state index contributed by atoms with van der Waals surface area (Å²) in [5.41, 5.74) is 1.65. The van der Waals surface area contributed by atoms with Gasteiger partial charge >= 0.3 is 0 Å². The number of carbonyl (C=O) groups is 2. The number of hydrogen-bond acceptors (Lipinski definition) is 3. The van der Waals surface area contributed by atoms with E-state index in [0.717, 1.165) is 5.56 Å². The van der Waals surface area contributed by atoms with Crippen molar-refractivity contribution in [2.24, 2.45) is 5.92 Å². The molecule has 2 aliphatic rings. The minimum Gasteiger partial charge on any atom is -0.366 e. The van der Waals surface area contributed by atoms with Gasteiger partial charge in [0.05, 0.1) is 11.6 Å². The standard InChI is InChI=1S/C22H24FN3O2/c23-19-8-4-5-9-20(19)24-10-12-25(13-11-24)22(28)18-14-21(27)26(16-18)15-17-6-2-1-3-7-17/h1-9,18H,10-16H2. The van der Waals surface area contributed by atoms with Crippen molar-refractivity contribution in [2.75, 3.05) is 37.6 Å². The highest BCUT2D eigenvalue weighted by molar-refractivity contribution is 5.89. The number of benzene rings is 2. The maximum Gasteiger partial charge on any atom is 0.228 e. The Morgan fingerprint density at radius 2 is 1.64 bits per heavy atom. The normalized spacial score (nSPS) is 20.0. The molecule has 6 heteroatoms. The van der Waals surface area contributed by atoms with Crippen LogP contribution >= 0.6 is 0 Å². The molecule has 1 atom stereocenters. The van der Waals surface area contributed by atoms with Crippen molar-refractivity contribution in [3.63, 3.8) is 0 Å². The minimum absolute atomic E-state index is 0.0344. The molecule has 0 radical (unpaired) electrons. The summed E-state index contributed by atoms with van der Waals surface area (Å²) < 4.78 is 14.0. The van der Waals surface area contributed by atoms with Crippen LogP contribution in [0.15, 0.2) is 54.6 Å². The van der Waals surface area contributed by atoms with Gasteiger partial charge in [-0.05, 0) is 17.7 Å². The molecule has 0 bridgehead atoms. The van der Waals surface area contributed by atoms with Gasteiger partial charge in [-0.25, -0.2) is 4.39 Å². The molecule has 28 heavy (non-hydrogen) atoms. The van der Waals surface area contributed by atoms with Crippen LogP contribution in [0.1, 0.15) is 12.0 Å². The van der Waals surface area contributed by atoms with Crippen molar-refractivity contribution >= 4 is 17.5 Å². The molecule has 0 aliphatic carbocycles. The van der Waals surface area contributed by atoms with Crippen molar-refractivity contribution in [3.05, 3.63) is 66.0 Å². The lowest BCUT2D eigenvalue weighted by molar-refractivity contribution is -0.136. The summed E-state index contributed by atoms with van der Waals surface area (Å²) in [5.74, 6) is -0.444. The molecular weight excluding hydrogens is 357 g/mol. The zero-order valence-electron chi connectivity index (χ0n) is 15.8. The smallest absolute Gasteiger partial charge is 0.228 e. The van der Waals surface area contributed by atoms with Gasteiger partial charge in [0.1, 0.15) is 5.82 Å². The Hall–Kier alpha value is -2.89. The Morgan fingerprint density at radius 3 is 2.36 bits per heavy atom.